The van der Waals surface area contributed by atoms with Crippen molar-refractivity contribution in [2.75, 3.05) is 18.6 Å². The van der Waals surface area contributed by atoms with Gasteiger partial charge in [0, 0.05) is 6.42 Å². The van der Waals surface area contributed by atoms with Crippen LogP contribution in [-0.4, -0.2) is 33.8 Å². The van der Waals surface area contributed by atoms with Crippen molar-refractivity contribution in [2.45, 2.75) is 48.3 Å². The predicted molar refractivity (Wildman–Crippen MR) is 127 cm³/mol. The molecule has 2 N–H and O–H groups in total. The first-order valence-corrected chi connectivity index (χ1v) is 12.5. The molecule has 0 radical (unpaired) electrons. The third-order valence-corrected chi connectivity index (χ3v) is 9.67. The van der Waals surface area contributed by atoms with Crippen LogP contribution in [0, 0.1) is 11.8 Å². The number of fused-ring (bicyclic) bond motifs is 3. The molecular weight excluding hydrogens is 394 g/mol. The topological polar surface area (TPSA) is 32.3 Å². The maximum Gasteiger partial charge on any atom is 0.140 e. The number of aliphatic hydroxyl groups is 1. The fourth-order valence-corrected chi connectivity index (χ4v) is 8.14. The second-order valence-electron chi connectivity index (χ2n) is 7.68. The van der Waals surface area contributed by atoms with Crippen LogP contribution in [0.5, 0.6) is 0 Å². The highest BCUT2D eigenvalue weighted by Crippen LogP contribution is 2.63. The van der Waals surface area contributed by atoms with Crippen LogP contribution in [0.15, 0.2) is 48.5 Å². The summed E-state index contributed by atoms with van der Waals surface area (Å²) in [6.07, 6.45) is 3.86. The van der Waals surface area contributed by atoms with Crippen LogP contribution in [0.4, 0.5) is 0 Å². The van der Waals surface area contributed by atoms with Gasteiger partial charge in [-0.05, 0) is 60.1 Å². The molecule has 1 unspecified atom stereocenters. The van der Waals surface area contributed by atoms with Gasteiger partial charge >= 0.3 is 0 Å². The van der Waals surface area contributed by atoms with E-state index < -0.39 is 5.60 Å². The average molecular weight is 424 g/mol. The number of thioether (sulfide) groups is 2. The van der Waals surface area contributed by atoms with E-state index in [0.717, 1.165) is 41.9 Å². The molecule has 0 aromatic heterocycles. The predicted octanol–water partition coefficient (Wildman–Crippen LogP) is 5.25. The zero-order valence-corrected chi connectivity index (χ0v) is 18.8. The normalized spacial score (nSPS) is 19.6. The van der Waals surface area contributed by atoms with Crippen molar-refractivity contribution in [3.8, 4) is 23.0 Å². The molecule has 1 aliphatic heterocycles. The minimum absolute atomic E-state index is 0.244. The van der Waals surface area contributed by atoms with Crippen molar-refractivity contribution >= 4 is 23.5 Å². The highest BCUT2D eigenvalue weighted by atomic mass is 32.2. The Labute approximate surface area is 183 Å². The fraction of sp³-hybridized carbons (Fsp3) is 0.440. The molecular formula is C25H29NOS2. The molecule has 2 nitrogen and oxygen atoms in total. The molecule has 0 spiro atoms. The lowest BCUT2D eigenvalue weighted by atomic mass is 9.85. The van der Waals surface area contributed by atoms with E-state index in [4.69, 9.17) is 0 Å². The third-order valence-electron chi connectivity index (χ3n) is 6.05. The van der Waals surface area contributed by atoms with Gasteiger partial charge < -0.3 is 10.4 Å². The fourth-order valence-electron chi connectivity index (χ4n) is 4.53. The van der Waals surface area contributed by atoms with Gasteiger partial charge in [0.1, 0.15) is 5.60 Å². The lowest BCUT2D eigenvalue weighted by Crippen LogP contribution is -2.48. The number of hydrogen-bond donors (Lipinski definition) is 2. The molecule has 1 aliphatic carbocycles. The number of hydrogen-bond acceptors (Lipinski definition) is 4. The summed E-state index contributed by atoms with van der Waals surface area (Å²) in [7, 11) is 1.96. The van der Waals surface area contributed by atoms with Crippen molar-refractivity contribution < 1.29 is 5.11 Å². The first-order valence-electron chi connectivity index (χ1n) is 10.5. The Bertz CT molecular complexity index is 874. The summed E-state index contributed by atoms with van der Waals surface area (Å²) in [5, 5.41) is 15.7. The van der Waals surface area contributed by atoms with Crippen LogP contribution in [0.2, 0.25) is 0 Å². The molecule has 1 heterocycles. The van der Waals surface area contributed by atoms with Crippen molar-refractivity contribution in [3.05, 3.63) is 59.7 Å². The molecule has 1 fully saturated rings. The molecule has 0 bridgehead atoms. The van der Waals surface area contributed by atoms with Crippen LogP contribution in [0.25, 0.3) is 11.1 Å². The summed E-state index contributed by atoms with van der Waals surface area (Å²) in [4.78, 5) is 0. The van der Waals surface area contributed by atoms with Gasteiger partial charge in [-0.1, -0.05) is 61.4 Å². The van der Waals surface area contributed by atoms with Gasteiger partial charge in [-0.3, -0.25) is 0 Å². The first-order chi connectivity index (χ1) is 14.2. The van der Waals surface area contributed by atoms with Gasteiger partial charge in [0.25, 0.3) is 0 Å². The second-order valence-corrected chi connectivity index (χ2v) is 10.7. The minimum Gasteiger partial charge on any atom is -0.378 e. The largest absolute Gasteiger partial charge is 0.378 e. The summed E-state index contributed by atoms with van der Waals surface area (Å²) >= 11 is 3.87. The Morgan fingerprint density at radius 1 is 1.03 bits per heavy atom. The van der Waals surface area contributed by atoms with Crippen molar-refractivity contribution in [1.82, 2.24) is 5.32 Å². The third kappa shape index (κ3) is 3.53. The lowest BCUT2D eigenvalue weighted by molar-refractivity contribution is 0.0691. The van der Waals surface area contributed by atoms with E-state index in [1.165, 1.54) is 17.5 Å². The maximum atomic E-state index is 12.5. The maximum absolute atomic E-state index is 12.5. The van der Waals surface area contributed by atoms with Crippen LogP contribution in [0.3, 0.4) is 0 Å². The van der Waals surface area contributed by atoms with Gasteiger partial charge in [-0.25, -0.2) is 0 Å². The molecule has 0 amide bonds. The molecule has 152 valence electrons. The standard InChI is InChI=1S/C25H29NOS2/c1-3-19(26-2)11-8-9-16-24(28-17-10-18-29-24)25(27)22-14-6-4-12-20(22)21-13-5-7-15-23(21)25/h4-7,12-15,19,26-27H,3,9-10,16-18H2,1-2H3. The molecule has 1 atom stereocenters. The van der Waals surface area contributed by atoms with Gasteiger partial charge in [-0.15, -0.1) is 29.4 Å². The molecule has 4 rings (SSSR count). The van der Waals surface area contributed by atoms with Gasteiger partial charge in [0.2, 0.25) is 0 Å². The molecule has 2 aromatic rings. The van der Waals surface area contributed by atoms with Crippen LogP contribution in [0.1, 0.15) is 43.7 Å². The first kappa shape index (κ1) is 20.9. The quantitative estimate of drug-likeness (QED) is 0.643. The van der Waals surface area contributed by atoms with Crippen LogP contribution < -0.4 is 5.32 Å². The monoisotopic (exact) mass is 423 g/mol. The second kappa shape index (κ2) is 8.78. The Morgan fingerprint density at radius 3 is 2.17 bits per heavy atom. The average Bonchev–Trinajstić information content (AvgIpc) is 3.05. The summed E-state index contributed by atoms with van der Waals surface area (Å²) in [5.74, 6) is 8.92. The molecule has 1 saturated heterocycles. The van der Waals surface area contributed by atoms with Gasteiger partial charge in [-0.2, -0.15) is 0 Å². The minimum atomic E-state index is -0.995. The summed E-state index contributed by atoms with van der Waals surface area (Å²) in [6.45, 7) is 2.15. The van der Waals surface area contributed by atoms with E-state index in [1.807, 2.05) is 30.6 Å². The SMILES string of the molecule is CCC(C#CCCC1(C2(O)c3ccccc3-c3ccccc32)SCCCS1)NC. The smallest absolute Gasteiger partial charge is 0.140 e. The number of nitrogens with one attached hydrogen (secondary N) is 1. The molecule has 4 heteroatoms. The highest BCUT2D eigenvalue weighted by molar-refractivity contribution is 8.18. The van der Waals surface area contributed by atoms with Crippen molar-refractivity contribution in [3.63, 3.8) is 0 Å². The van der Waals surface area contributed by atoms with Crippen LogP contribution >= 0.6 is 23.5 Å². The van der Waals surface area contributed by atoms with E-state index in [1.54, 1.807) is 0 Å². The van der Waals surface area contributed by atoms with Crippen LogP contribution in [-0.2, 0) is 5.60 Å². The molecule has 2 aliphatic rings. The van der Waals surface area contributed by atoms with Gasteiger partial charge in [0.05, 0.1) is 10.1 Å². The van der Waals surface area contributed by atoms with Crippen molar-refractivity contribution in [1.29, 1.82) is 0 Å². The Morgan fingerprint density at radius 2 is 1.62 bits per heavy atom. The lowest BCUT2D eigenvalue weighted by Gasteiger charge is -2.47. The Balaban J connectivity index is 1.75. The number of rotatable bonds is 5. The van der Waals surface area contributed by atoms with E-state index in [-0.39, 0.29) is 10.1 Å². The Kier molecular flexibility index (Phi) is 6.32. The number of benzene rings is 2. The summed E-state index contributed by atoms with van der Waals surface area (Å²) < 4.78 is -0.315. The molecule has 0 saturated carbocycles. The Hall–Kier alpha value is -1.38. The summed E-state index contributed by atoms with van der Waals surface area (Å²) in [6, 6.07) is 17.0. The molecule has 2 aromatic carbocycles. The van der Waals surface area contributed by atoms with Gasteiger partial charge in [0.15, 0.2) is 0 Å². The highest BCUT2D eigenvalue weighted by Gasteiger charge is 2.58. The zero-order chi connectivity index (χ0) is 20.3. The van der Waals surface area contributed by atoms with E-state index >= 15 is 0 Å². The van der Waals surface area contributed by atoms with E-state index in [2.05, 4.69) is 72.6 Å². The zero-order valence-electron chi connectivity index (χ0n) is 17.2. The van der Waals surface area contributed by atoms with Crippen molar-refractivity contribution in [2.24, 2.45) is 0 Å². The van der Waals surface area contributed by atoms with E-state index in [0.29, 0.717) is 0 Å². The van der Waals surface area contributed by atoms with E-state index in [9.17, 15) is 5.11 Å². The summed E-state index contributed by atoms with van der Waals surface area (Å²) in [5.41, 5.74) is 3.45. The molecule has 29 heavy (non-hydrogen) atoms.